The van der Waals surface area contributed by atoms with E-state index in [0.29, 0.717) is 6.54 Å². The second-order valence-corrected chi connectivity index (χ2v) is 3.57. The third-order valence-corrected chi connectivity index (χ3v) is 1.84. The lowest BCUT2D eigenvalue weighted by atomic mass is 10.0. The summed E-state index contributed by atoms with van der Waals surface area (Å²) >= 11 is 0. The Morgan fingerprint density at radius 3 is 2.18 bits per heavy atom. The molecular weight excluding hydrogens is 138 g/mol. The van der Waals surface area contributed by atoms with E-state index >= 15 is 0 Å². The summed E-state index contributed by atoms with van der Waals surface area (Å²) in [5, 5.41) is 9.10. The molecule has 2 nitrogen and oxygen atoms in total. The minimum Gasteiger partial charge on any atom is -0.392 e. The van der Waals surface area contributed by atoms with Crippen molar-refractivity contribution < 1.29 is 5.11 Å². The van der Waals surface area contributed by atoms with E-state index in [4.69, 9.17) is 10.8 Å². The maximum absolute atomic E-state index is 9.10. The van der Waals surface area contributed by atoms with Crippen LogP contribution in [-0.2, 0) is 0 Å². The van der Waals surface area contributed by atoms with Crippen LogP contribution in [0.2, 0.25) is 0 Å². The van der Waals surface area contributed by atoms with E-state index < -0.39 is 0 Å². The number of nitrogens with two attached hydrogens (primary N) is 1. The van der Waals surface area contributed by atoms with Crippen LogP contribution in [0, 0.1) is 5.92 Å². The molecule has 3 N–H and O–H groups in total. The fourth-order valence-electron chi connectivity index (χ4n) is 1.05. The summed E-state index contributed by atoms with van der Waals surface area (Å²) in [6, 6.07) is 0. The van der Waals surface area contributed by atoms with E-state index in [-0.39, 0.29) is 6.10 Å². The molecular formula is C9H21NO. The Kier molecular flexibility index (Phi) is 6.57. The molecule has 1 atom stereocenters. The highest BCUT2D eigenvalue weighted by molar-refractivity contribution is 4.56. The van der Waals surface area contributed by atoms with Crippen molar-refractivity contribution in [2.45, 2.75) is 45.6 Å². The van der Waals surface area contributed by atoms with E-state index in [2.05, 4.69) is 13.8 Å². The highest BCUT2D eigenvalue weighted by atomic mass is 16.3. The molecule has 0 saturated carbocycles. The number of hydrogen-bond donors (Lipinski definition) is 2. The maximum atomic E-state index is 9.10. The quantitative estimate of drug-likeness (QED) is 0.577. The Hall–Kier alpha value is -0.0800. The molecule has 11 heavy (non-hydrogen) atoms. The van der Waals surface area contributed by atoms with Gasteiger partial charge in [-0.25, -0.2) is 0 Å². The summed E-state index contributed by atoms with van der Waals surface area (Å²) in [6.07, 6.45) is 4.17. The van der Waals surface area contributed by atoms with E-state index in [1.165, 1.54) is 12.8 Å². The van der Waals surface area contributed by atoms with Gasteiger partial charge in [-0.05, 0) is 12.3 Å². The lowest BCUT2D eigenvalue weighted by molar-refractivity contribution is 0.168. The highest BCUT2D eigenvalue weighted by Gasteiger charge is 2.00. The second-order valence-electron chi connectivity index (χ2n) is 3.57. The van der Waals surface area contributed by atoms with Gasteiger partial charge in [-0.2, -0.15) is 0 Å². The first-order valence-corrected chi connectivity index (χ1v) is 4.55. The van der Waals surface area contributed by atoms with Crippen molar-refractivity contribution in [1.82, 2.24) is 0 Å². The lowest BCUT2D eigenvalue weighted by Gasteiger charge is -2.07. The molecule has 68 valence electrons. The third kappa shape index (κ3) is 7.82. The number of aliphatic hydroxyl groups excluding tert-OH is 1. The van der Waals surface area contributed by atoms with Gasteiger partial charge in [-0.15, -0.1) is 0 Å². The van der Waals surface area contributed by atoms with Crippen molar-refractivity contribution in [3.05, 3.63) is 0 Å². The van der Waals surface area contributed by atoms with Gasteiger partial charge in [0, 0.05) is 6.54 Å². The van der Waals surface area contributed by atoms with Gasteiger partial charge in [0.25, 0.3) is 0 Å². The molecule has 0 fully saturated rings. The number of hydrogen-bond acceptors (Lipinski definition) is 2. The molecule has 2 heteroatoms. The van der Waals surface area contributed by atoms with E-state index in [1.54, 1.807) is 0 Å². The first kappa shape index (κ1) is 10.9. The van der Waals surface area contributed by atoms with Crippen LogP contribution >= 0.6 is 0 Å². The van der Waals surface area contributed by atoms with Crippen molar-refractivity contribution in [3.63, 3.8) is 0 Å². The number of aliphatic hydroxyl groups is 1. The van der Waals surface area contributed by atoms with Crippen LogP contribution in [0.5, 0.6) is 0 Å². The van der Waals surface area contributed by atoms with Gasteiger partial charge in [0.1, 0.15) is 0 Å². The topological polar surface area (TPSA) is 46.2 Å². The van der Waals surface area contributed by atoms with Crippen molar-refractivity contribution in [1.29, 1.82) is 0 Å². The van der Waals surface area contributed by atoms with E-state index in [1.807, 2.05) is 0 Å². The van der Waals surface area contributed by atoms with Crippen LogP contribution in [0.1, 0.15) is 39.5 Å². The Morgan fingerprint density at radius 2 is 1.73 bits per heavy atom. The number of rotatable bonds is 6. The average molecular weight is 159 g/mol. The van der Waals surface area contributed by atoms with Crippen LogP contribution in [0.3, 0.4) is 0 Å². The SMILES string of the molecule is CC(C)CCCCC(O)CN. The average Bonchev–Trinajstić information content (AvgIpc) is 1.97. The molecule has 0 spiro atoms. The fourth-order valence-corrected chi connectivity index (χ4v) is 1.05. The molecule has 0 radical (unpaired) electrons. The molecule has 0 aromatic rings. The van der Waals surface area contributed by atoms with E-state index in [9.17, 15) is 0 Å². The van der Waals surface area contributed by atoms with Crippen LogP contribution < -0.4 is 5.73 Å². The van der Waals surface area contributed by atoms with Crippen LogP contribution in [-0.4, -0.2) is 17.8 Å². The van der Waals surface area contributed by atoms with Crippen molar-refractivity contribution in [2.75, 3.05) is 6.54 Å². The van der Waals surface area contributed by atoms with Crippen LogP contribution in [0.25, 0.3) is 0 Å². The van der Waals surface area contributed by atoms with Gasteiger partial charge in [0.2, 0.25) is 0 Å². The molecule has 1 unspecified atom stereocenters. The number of unbranched alkanes of at least 4 members (excludes halogenated alkanes) is 1. The molecule has 0 amide bonds. The Morgan fingerprint density at radius 1 is 1.18 bits per heavy atom. The zero-order chi connectivity index (χ0) is 8.69. The predicted molar refractivity (Wildman–Crippen MR) is 48.4 cm³/mol. The fraction of sp³-hybridized carbons (Fsp3) is 1.00. The third-order valence-electron chi connectivity index (χ3n) is 1.84. The molecule has 0 aromatic heterocycles. The summed E-state index contributed by atoms with van der Waals surface area (Å²) in [4.78, 5) is 0. The summed E-state index contributed by atoms with van der Waals surface area (Å²) in [5.41, 5.74) is 5.26. The Labute approximate surface area is 69.8 Å². The monoisotopic (exact) mass is 159 g/mol. The molecule has 0 bridgehead atoms. The minimum atomic E-state index is -0.276. The first-order chi connectivity index (χ1) is 5.16. The second kappa shape index (κ2) is 6.62. The standard InChI is InChI=1S/C9H21NO/c1-8(2)5-3-4-6-9(11)7-10/h8-9,11H,3-7,10H2,1-2H3. The highest BCUT2D eigenvalue weighted by Crippen LogP contribution is 2.08. The molecule has 0 aliphatic heterocycles. The van der Waals surface area contributed by atoms with Crippen molar-refractivity contribution in [3.8, 4) is 0 Å². The van der Waals surface area contributed by atoms with Crippen molar-refractivity contribution >= 4 is 0 Å². The van der Waals surface area contributed by atoms with Gasteiger partial charge in [0.15, 0.2) is 0 Å². The van der Waals surface area contributed by atoms with Crippen molar-refractivity contribution in [2.24, 2.45) is 11.7 Å². The zero-order valence-electron chi connectivity index (χ0n) is 7.71. The predicted octanol–water partition coefficient (Wildman–Crippen LogP) is 1.52. The Bertz CT molecular complexity index is 83.6. The van der Waals surface area contributed by atoms with Gasteiger partial charge < -0.3 is 10.8 Å². The largest absolute Gasteiger partial charge is 0.392 e. The van der Waals surface area contributed by atoms with Gasteiger partial charge in [-0.3, -0.25) is 0 Å². The molecule has 0 rings (SSSR count). The minimum absolute atomic E-state index is 0.276. The summed E-state index contributed by atoms with van der Waals surface area (Å²) in [5.74, 6) is 0.782. The molecule has 0 aliphatic rings. The Balaban J connectivity index is 3.01. The molecule has 0 saturated heterocycles. The van der Waals surface area contributed by atoms with Gasteiger partial charge >= 0.3 is 0 Å². The van der Waals surface area contributed by atoms with Gasteiger partial charge in [-0.1, -0.05) is 33.1 Å². The summed E-state index contributed by atoms with van der Waals surface area (Å²) in [7, 11) is 0. The molecule has 0 aromatic carbocycles. The summed E-state index contributed by atoms with van der Waals surface area (Å²) < 4.78 is 0. The van der Waals surface area contributed by atoms with Crippen LogP contribution in [0.15, 0.2) is 0 Å². The van der Waals surface area contributed by atoms with E-state index in [0.717, 1.165) is 18.8 Å². The normalized spacial score (nSPS) is 13.9. The summed E-state index contributed by atoms with van der Waals surface area (Å²) in [6.45, 7) is 4.85. The lowest BCUT2D eigenvalue weighted by Crippen LogP contribution is -2.19. The van der Waals surface area contributed by atoms with Crippen LogP contribution in [0.4, 0.5) is 0 Å². The van der Waals surface area contributed by atoms with Gasteiger partial charge in [0.05, 0.1) is 6.10 Å². The smallest absolute Gasteiger partial charge is 0.0662 e. The molecule has 0 heterocycles. The molecule has 0 aliphatic carbocycles. The zero-order valence-corrected chi connectivity index (χ0v) is 7.71. The first-order valence-electron chi connectivity index (χ1n) is 4.55. The maximum Gasteiger partial charge on any atom is 0.0662 e.